The van der Waals surface area contributed by atoms with E-state index in [0.29, 0.717) is 11.4 Å². The molecule has 5 heteroatoms. The number of fused-ring (bicyclic) bond motifs is 1. The minimum atomic E-state index is -0.169. The van der Waals surface area contributed by atoms with E-state index in [1.54, 1.807) is 24.5 Å². The van der Waals surface area contributed by atoms with E-state index in [2.05, 4.69) is 11.1 Å². The first-order chi connectivity index (χ1) is 10.2. The summed E-state index contributed by atoms with van der Waals surface area (Å²) in [6, 6.07) is 13.5. The average molecular weight is 319 g/mol. The molecule has 0 spiro atoms. The molecule has 0 amide bonds. The maximum absolute atomic E-state index is 6.32. The minimum absolute atomic E-state index is 0.169. The van der Waals surface area contributed by atoms with Crippen molar-refractivity contribution in [2.24, 2.45) is 5.73 Å². The number of ether oxygens (including phenoxy) is 1. The van der Waals surface area contributed by atoms with Gasteiger partial charge in [-0.25, -0.2) is 4.98 Å². The lowest BCUT2D eigenvalue weighted by atomic mass is 10.0. The molecule has 0 saturated heterocycles. The molecule has 2 N–H and O–H groups in total. The molecule has 3 aromatic rings. The van der Waals surface area contributed by atoms with Crippen LogP contribution in [0.2, 0.25) is 5.02 Å². The van der Waals surface area contributed by atoms with E-state index in [1.807, 2.05) is 30.3 Å². The van der Waals surface area contributed by atoms with E-state index in [9.17, 15) is 0 Å². The van der Waals surface area contributed by atoms with E-state index >= 15 is 0 Å². The number of para-hydroxylation sites is 1. The highest BCUT2D eigenvalue weighted by Gasteiger charge is 2.15. The van der Waals surface area contributed by atoms with Gasteiger partial charge in [-0.3, -0.25) is 0 Å². The largest absolute Gasteiger partial charge is 0.496 e. The molecule has 0 saturated carbocycles. The molecule has 3 rings (SSSR count). The standard InChI is InChI=1S/C16H15ClN2OS/c1-20-14-8-10(17)6-7-11(14)12(18)9-16-19-13-4-2-3-5-15(13)21-16/h2-8,12H,9,18H2,1H3. The van der Waals surface area contributed by atoms with Crippen LogP contribution in [-0.2, 0) is 6.42 Å². The Morgan fingerprint density at radius 3 is 2.86 bits per heavy atom. The third-order valence-corrected chi connectivity index (χ3v) is 4.62. The van der Waals surface area contributed by atoms with Crippen molar-refractivity contribution < 1.29 is 4.74 Å². The fourth-order valence-electron chi connectivity index (χ4n) is 2.30. The molecular formula is C16H15ClN2OS. The topological polar surface area (TPSA) is 48.1 Å². The van der Waals surface area contributed by atoms with Crippen molar-refractivity contribution in [1.29, 1.82) is 0 Å². The Morgan fingerprint density at radius 2 is 2.10 bits per heavy atom. The van der Waals surface area contributed by atoms with Gasteiger partial charge in [0.25, 0.3) is 0 Å². The van der Waals surface area contributed by atoms with Crippen molar-refractivity contribution in [1.82, 2.24) is 4.98 Å². The van der Waals surface area contributed by atoms with Gasteiger partial charge in [-0.1, -0.05) is 29.8 Å². The quantitative estimate of drug-likeness (QED) is 0.784. The molecule has 1 unspecified atom stereocenters. The Labute approximate surface area is 132 Å². The van der Waals surface area contributed by atoms with Gasteiger partial charge in [-0.2, -0.15) is 0 Å². The number of aromatic nitrogens is 1. The first kappa shape index (κ1) is 14.3. The van der Waals surface area contributed by atoms with Crippen LogP contribution >= 0.6 is 22.9 Å². The summed E-state index contributed by atoms with van der Waals surface area (Å²) >= 11 is 7.66. The highest BCUT2D eigenvalue weighted by Crippen LogP contribution is 2.31. The number of hydrogen-bond acceptors (Lipinski definition) is 4. The third kappa shape index (κ3) is 3.02. The van der Waals surface area contributed by atoms with E-state index in [1.165, 1.54) is 4.70 Å². The van der Waals surface area contributed by atoms with Crippen molar-refractivity contribution in [3.05, 3.63) is 58.1 Å². The number of benzene rings is 2. The van der Waals surface area contributed by atoms with Gasteiger partial charge < -0.3 is 10.5 Å². The van der Waals surface area contributed by atoms with Crippen LogP contribution in [0.4, 0.5) is 0 Å². The van der Waals surface area contributed by atoms with Crippen molar-refractivity contribution in [2.75, 3.05) is 7.11 Å². The first-order valence-electron chi connectivity index (χ1n) is 6.61. The van der Waals surface area contributed by atoms with Gasteiger partial charge in [-0.15, -0.1) is 11.3 Å². The van der Waals surface area contributed by atoms with Crippen LogP contribution in [0.3, 0.4) is 0 Å². The Morgan fingerprint density at radius 1 is 1.29 bits per heavy atom. The summed E-state index contributed by atoms with van der Waals surface area (Å²) in [5.41, 5.74) is 8.29. The minimum Gasteiger partial charge on any atom is -0.496 e. The number of rotatable bonds is 4. The fraction of sp³-hybridized carbons (Fsp3) is 0.188. The lowest BCUT2D eigenvalue weighted by Gasteiger charge is -2.14. The Hall–Kier alpha value is -1.62. The number of halogens is 1. The lowest BCUT2D eigenvalue weighted by Crippen LogP contribution is -2.14. The summed E-state index contributed by atoms with van der Waals surface area (Å²) in [5, 5.41) is 1.67. The maximum Gasteiger partial charge on any atom is 0.125 e. The summed E-state index contributed by atoms with van der Waals surface area (Å²) in [7, 11) is 1.62. The van der Waals surface area contributed by atoms with Gasteiger partial charge >= 0.3 is 0 Å². The van der Waals surface area contributed by atoms with Gasteiger partial charge in [0.15, 0.2) is 0 Å². The van der Waals surface area contributed by atoms with Gasteiger partial charge in [0.05, 0.1) is 22.3 Å². The van der Waals surface area contributed by atoms with Crippen molar-refractivity contribution in [3.8, 4) is 5.75 Å². The van der Waals surface area contributed by atoms with E-state index in [0.717, 1.165) is 21.8 Å². The molecule has 21 heavy (non-hydrogen) atoms. The van der Waals surface area contributed by atoms with Crippen LogP contribution in [0.25, 0.3) is 10.2 Å². The zero-order valence-corrected chi connectivity index (χ0v) is 13.1. The molecule has 1 aromatic heterocycles. The number of methoxy groups -OCH3 is 1. The van der Waals surface area contributed by atoms with Crippen molar-refractivity contribution in [3.63, 3.8) is 0 Å². The van der Waals surface area contributed by atoms with Crippen LogP contribution in [0, 0.1) is 0 Å². The monoisotopic (exact) mass is 318 g/mol. The second kappa shape index (κ2) is 6.02. The summed E-state index contributed by atoms with van der Waals surface area (Å²) in [6.45, 7) is 0. The lowest BCUT2D eigenvalue weighted by molar-refractivity contribution is 0.405. The van der Waals surface area contributed by atoms with Gasteiger partial charge in [0.2, 0.25) is 0 Å². The summed E-state index contributed by atoms with van der Waals surface area (Å²) in [6.07, 6.45) is 0.678. The Bertz CT molecular complexity index is 739. The normalized spacial score (nSPS) is 12.5. The zero-order chi connectivity index (χ0) is 14.8. The van der Waals surface area contributed by atoms with E-state index in [4.69, 9.17) is 22.1 Å². The molecule has 108 valence electrons. The summed E-state index contributed by atoms with van der Waals surface area (Å²) < 4.78 is 6.55. The third-order valence-electron chi connectivity index (χ3n) is 3.33. The molecule has 3 nitrogen and oxygen atoms in total. The molecule has 1 atom stereocenters. The zero-order valence-electron chi connectivity index (χ0n) is 11.5. The average Bonchev–Trinajstić information content (AvgIpc) is 2.88. The highest BCUT2D eigenvalue weighted by molar-refractivity contribution is 7.18. The van der Waals surface area contributed by atoms with Crippen molar-refractivity contribution >= 4 is 33.2 Å². The Kier molecular flexibility index (Phi) is 4.10. The van der Waals surface area contributed by atoms with Crippen LogP contribution in [0.5, 0.6) is 5.75 Å². The second-order valence-corrected chi connectivity index (χ2v) is 6.32. The number of nitrogens with zero attached hydrogens (tertiary/aromatic N) is 1. The number of hydrogen-bond donors (Lipinski definition) is 1. The Balaban J connectivity index is 1.87. The number of nitrogens with two attached hydrogens (primary N) is 1. The smallest absolute Gasteiger partial charge is 0.125 e. The predicted octanol–water partition coefficient (Wildman–Crippen LogP) is 4.20. The molecule has 0 radical (unpaired) electrons. The van der Waals surface area contributed by atoms with E-state index in [-0.39, 0.29) is 6.04 Å². The van der Waals surface area contributed by atoms with Gasteiger partial charge in [0, 0.05) is 23.0 Å². The molecule has 0 aliphatic carbocycles. The van der Waals surface area contributed by atoms with Crippen molar-refractivity contribution in [2.45, 2.75) is 12.5 Å². The van der Waals surface area contributed by atoms with Gasteiger partial charge in [-0.05, 0) is 24.3 Å². The molecule has 0 aliphatic rings. The summed E-state index contributed by atoms with van der Waals surface area (Å²) in [5.74, 6) is 0.719. The second-order valence-electron chi connectivity index (χ2n) is 4.77. The molecule has 0 aliphatic heterocycles. The highest BCUT2D eigenvalue weighted by atomic mass is 35.5. The van der Waals surface area contributed by atoms with E-state index < -0.39 is 0 Å². The first-order valence-corrected chi connectivity index (χ1v) is 7.80. The fourth-order valence-corrected chi connectivity index (χ4v) is 3.48. The molecule has 0 bridgehead atoms. The summed E-state index contributed by atoms with van der Waals surface area (Å²) in [4.78, 5) is 4.62. The molecule has 0 fully saturated rings. The molecule has 1 heterocycles. The SMILES string of the molecule is COc1cc(Cl)ccc1C(N)Cc1nc2ccccc2s1. The predicted molar refractivity (Wildman–Crippen MR) is 88.3 cm³/mol. The molecular weight excluding hydrogens is 304 g/mol. The number of thiazole rings is 1. The van der Waals surface area contributed by atoms with Crippen LogP contribution < -0.4 is 10.5 Å². The van der Waals surface area contributed by atoms with Crippen LogP contribution in [0.15, 0.2) is 42.5 Å². The van der Waals surface area contributed by atoms with Crippen LogP contribution in [0.1, 0.15) is 16.6 Å². The molecule has 2 aromatic carbocycles. The van der Waals surface area contributed by atoms with Crippen LogP contribution in [-0.4, -0.2) is 12.1 Å². The van der Waals surface area contributed by atoms with Gasteiger partial charge in [0.1, 0.15) is 5.75 Å². The maximum atomic E-state index is 6.32.